The second-order valence-electron chi connectivity index (χ2n) is 6.59. The zero-order chi connectivity index (χ0) is 19.5. The van der Waals surface area contributed by atoms with Gasteiger partial charge in [0.15, 0.2) is 0 Å². The maximum Gasteiger partial charge on any atom is 0.252 e. The summed E-state index contributed by atoms with van der Waals surface area (Å²) in [5.41, 5.74) is 4.45. The molecule has 140 valence electrons. The van der Waals surface area contributed by atoms with Gasteiger partial charge in [0.2, 0.25) is 0 Å². The van der Waals surface area contributed by atoms with Crippen molar-refractivity contribution in [2.75, 3.05) is 0 Å². The quantitative estimate of drug-likeness (QED) is 0.549. The summed E-state index contributed by atoms with van der Waals surface area (Å²) >= 11 is 1.62. The number of carbonyl (C=O) groups excluding carboxylic acids is 1. The molecule has 1 aromatic carbocycles. The first-order valence-electron chi connectivity index (χ1n) is 9.00. The van der Waals surface area contributed by atoms with Crippen molar-refractivity contribution < 1.29 is 4.79 Å². The standard InChI is InChI=1S/C22H20N4OS/c1-15-13-16(2)26(25-15)19-6-3-5-18(14-19)22(27)24-21(20-7-4-12-28-20)17-8-10-23-11-9-17/h3-14,21H,1-2H3,(H,24,27). The molecule has 0 radical (unpaired) electrons. The average Bonchev–Trinajstić information content (AvgIpc) is 3.36. The van der Waals surface area contributed by atoms with Gasteiger partial charge in [-0.2, -0.15) is 5.10 Å². The Balaban J connectivity index is 1.64. The van der Waals surface area contributed by atoms with Crippen molar-refractivity contribution in [2.24, 2.45) is 0 Å². The van der Waals surface area contributed by atoms with Crippen LogP contribution in [-0.2, 0) is 0 Å². The number of aromatic nitrogens is 3. The van der Waals surface area contributed by atoms with Crippen LogP contribution < -0.4 is 5.32 Å². The highest BCUT2D eigenvalue weighted by atomic mass is 32.1. The minimum absolute atomic E-state index is 0.126. The number of pyridine rings is 1. The van der Waals surface area contributed by atoms with Gasteiger partial charge in [-0.15, -0.1) is 11.3 Å². The van der Waals surface area contributed by atoms with E-state index in [9.17, 15) is 4.79 Å². The van der Waals surface area contributed by atoms with Gasteiger partial charge in [0.1, 0.15) is 0 Å². The maximum atomic E-state index is 13.0. The van der Waals surface area contributed by atoms with Gasteiger partial charge < -0.3 is 5.32 Å². The van der Waals surface area contributed by atoms with Crippen molar-refractivity contribution >= 4 is 17.2 Å². The Bertz CT molecular complexity index is 1090. The zero-order valence-electron chi connectivity index (χ0n) is 15.7. The fourth-order valence-electron chi connectivity index (χ4n) is 3.21. The van der Waals surface area contributed by atoms with Gasteiger partial charge in [-0.05, 0) is 67.3 Å². The van der Waals surface area contributed by atoms with E-state index in [1.54, 1.807) is 23.7 Å². The summed E-state index contributed by atoms with van der Waals surface area (Å²) in [4.78, 5) is 18.2. The van der Waals surface area contributed by atoms with Crippen LogP contribution in [0.15, 0.2) is 72.4 Å². The lowest BCUT2D eigenvalue weighted by Crippen LogP contribution is -2.29. The fourth-order valence-corrected chi connectivity index (χ4v) is 4.02. The smallest absolute Gasteiger partial charge is 0.252 e. The normalized spacial score (nSPS) is 11.9. The molecule has 4 aromatic rings. The second-order valence-corrected chi connectivity index (χ2v) is 7.57. The molecule has 3 heterocycles. The number of aryl methyl sites for hydroxylation is 2. The Morgan fingerprint density at radius 1 is 1.07 bits per heavy atom. The summed E-state index contributed by atoms with van der Waals surface area (Å²) in [6.45, 7) is 3.96. The molecule has 6 heteroatoms. The number of carbonyl (C=O) groups is 1. The minimum Gasteiger partial charge on any atom is -0.340 e. The lowest BCUT2D eigenvalue weighted by Gasteiger charge is -2.18. The van der Waals surface area contributed by atoms with Crippen LogP contribution in [0.2, 0.25) is 0 Å². The molecule has 0 saturated heterocycles. The highest BCUT2D eigenvalue weighted by Gasteiger charge is 2.19. The summed E-state index contributed by atoms with van der Waals surface area (Å²) < 4.78 is 1.85. The van der Waals surface area contributed by atoms with Crippen LogP contribution in [0.1, 0.15) is 38.2 Å². The van der Waals surface area contributed by atoms with E-state index in [0.29, 0.717) is 5.56 Å². The molecular weight excluding hydrogens is 368 g/mol. The van der Waals surface area contributed by atoms with Gasteiger partial charge in [-0.1, -0.05) is 12.1 Å². The Kier molecular flexibility index (Phi) is 5.04. The van der Waals surface area contributed by atoms with Gasteiger partial charge in [0.05, 0.1) is 17.4 Å². The van der Waals surface area contributed by atoms with Gasteiger partial charge in [-0.3, -0.25) is 9.78 Å². The Labute approximate surface area is 167 Å². The van der Waals surface area contributed by atoms with Gasteiger partial charge in [-0.25, -0.2) is 4.68 Å². The average molecular weight is 388 g/mol. The van der Waals surface area contributed by atoms with Crippen molar-refractivity contribution in [3.8, 4) is 5.69 Å². The molecule has 0 aliphatic carbocycles. The van der Waals surface area contributed by atoms with Gasteiger partial charge in [0.25, 0.3) is 5.91 Å². The van der Waals surface area contributed by atoms with Crippen LogP contribution in [0, 0.1) is 13.8 Å². The molecule has 3 aromatic heterocycles. The molecule has 4 rings (SSSR count). The number of amides is 1. The summed E-state index contributed by atoms with van der Waals surface area (Å²) in [5, 5.41) is 9.69. The van der Waals surface area contributed by atoms with Crippen LogP contribution in [0.4, 0.5) is 0 Å². The summed E-state index contributed by atoms with van der Waals surface area (Å²) in [6.07, 6.45) is 3.48. The monoisotopic (exact) mass is 388 g/mol. The van der Waals surface area contributed by atoms with Crippen molar-refractivity contribution in [3.05, 3.63) is 99.8 Å². The van der Waals surface area contributed by atoms with Crippen molar-refractivity contribution in [1.29, 1.82) is 0 Å². The van der Waals surface area contributed by atoms with Crippen LogP contribution in [0.3, 0.4) is 0 Å². The molecule has 0 spiro atoms. The third-order valence-electron chi connectivity index (χ3n) is 4.51. The van der Waals surface area contributed by atoms with Crippen molar-refractivity contribution in [3.63, 3.8) is 0 Å². The van der Waals surface area contributed by atoms with Crippen LogP contribution in [0.25, 0.3) is 5.69 Å². The number of benzene rings is 1. The number of rotatable bonds is 5. The van der Waals surface area contributed by atoms with Crippen LogP contribution in [0.5, 0.6) is 0 Å². The zero-order valence-corrected chi connectivity index (χ0v) is 16.5. The first kappa shape index (κ1) is 18.1. The maximum absolute atomic E-state index is 13.0. The van der Waals surface area contributed by atoms with E-state index in [1.165, 1.54) is 0 Å². The number of hydrogen-bond donors (Lipinski definition) is 1. The number of hydrogen-bond acceptors (Lipinski definition) is 4. The van der Waals surface area contributed by atoms with E-state index in [0.717, 1.165) is 27.5 Å². The van der Waals surface area contributed by atoms with E-state index in [4.69, 9.17) is 0 Å². The second kappa shape index (κ2) is 7.78. The lowest BCUT2D eigenvalue weighted by atomic mass is 10.1. The van der Waals surface area contributed by atoms with E-state index < -0.39 is 0 Å². The van der Waals surface area contributed by atoms with Crippen molar-refractivity contribution in [1.82, 2.24) is 20.1 Å². The SMILES string of the molecule is Cc1cc(C)n(-c2cccc(C(=O)NC(c3ccncc3)c3cccs3)c2)n1. The summed E-state index contributed by atoms with van der Waals surface area (Å²) in [5.74, 6) is -0.126. The molecule has 0 aliphatic heterocycles. The van der Waals surface area contributed by atoms with Crippen LogP contribution >= 0.6 is 11.3 Å². The molecule has 1 atom stereocenters. The molecular formula is C22H20N4OS. The van der Waals surface area contributed by atoms with Crippen molar-refractivity contribution in [2.45, 2.75) is 19.9 Å². The Morgan fingerprint density at radius 3 is 2.57 bits per heavy atom. The first-order valence-corrected chi connectivity index (χ1v) is 9.87. The van der Waals surface area contributed by atoms with Gasteiger partial charge in [0, 0.05) is 28.5 Å². The molecule has 28 heavy (non-hydrogen) atoms. The Hall–Kier alpha value is -3.25. The predicted molar refractivity (Wildman–Crippen MR) is 111 cm³/mol. The summed E-state index contributed by atoms with van der Waals surface area (Å²) in [6, 6.07) is 17.2. The Morgan fingerprint density at radius 2 is 1.89 bits per heavy atom. The van der Waals surface area contributed by atoms with Crippen LogP contribution in [-0.4, -0.2) is 20.7 Å². The molecule has 5 nitrogen and oxygen atoms in total. The molecule has 0 saturated carbocycles. The number of thiophene rings is 1. The van der Waals surface area contributed by atoms with E-state index >= 15 is 0 Å². The highest BCUT2D eigenvalue weighted by molar-refractivity contribution is 7.10. The lowest BCUT2D eigenvalue weighted by molar-refractivity contribution is 0.0943. The van der Waals surface area contributed by atoms with E-state index in [-0.39, 0.29) is 11.9 Å². The molecule has 1 amide bonds. The molecule has 0 bridgehead atoms. The topological polar surface area (TPSA) is 59.8 Å². The molecule has 1 N–H and O–H groups in total. The summed E-state index contributed by atoms with van der Waals surface area (Å²) in [7, 11) is 0. The number of nitrogens with one attached hydrogen (secondary N) is 1. The molecule has 0 aliphatic rings. The predicted octanol–water partition coefficient (Wildman–Crippen LogP) is 4.47. The highest BCUT2D eigenvalue weighted by Crippen LogP contribution is 2.26. The first-order chi connectivity index (χ1) is 13.6. The van der Waals surface area contributed by atoms with E-state index in [2.05, 4.69) is 15.4 Å². The van der Waals surface area contributed by atoms with Gasteiger partial charge >= 0.3 is 0 Å². The molecule has 1 unspecified atom stereocenters. The largest absolute Gasteiger partial charge is 0.340 e. The third kappa shape index (κ3) is 3.73. The van der Waals surface area contributed by atoms with E-state index in [1.807, 2.05) is 78.5 Å². The number of nitrogens with zero attached hydrogens (tertiary/aromatic N) is 3. The minimum atomic E-state index is -0.215. The molecule has 0 fully saturated rings. The third-order valence-corrected chi connectivity index (χ3v) is 5.44. The fraction of sp³-hybridized carbons (Fsp3) is 0.136.